The van der Waals surface area contributed by atoms with Gasteiger partial charge in [0.2, 0.25) is 0 Å². The molecule has 2 N–H and O–H groups in total. The number of rotatable bonds is 8. The van der Waals surface area contributed by atoms with Crippen LogP contribution in [-0.4, -0.2) is 19.1 Å². The first kappa shape index (κ1) is 16.7. The second-order valence-electron chi connectivity index (χ2n) is 5.26. The molecule has 0 saturated heterocycles. The SMILES string of the molecule is CCOC(=O)C(CN)(CC(CC)CC)c1ccccc1. The number of benzene rings is 1. The molecule has 0 radical (unpaired) electrons. The van der Waals surface area contributed by atoms with E-state index in [2.05, 4.69) is 13.8 Å². The molecule has 0 aliphatic carbocycles. The molecule has 0 heterocycles. The molecule has 0 amide bonds. The van der Waals surface area contributed by atoms with Gasteiger partial charge in [-0.25, -0.2) is 0 Å². The van der Waals surface area contributed by atoms with Gasteiger partial charge >= 0.3 is 5.97 Å². The van der Waals surface area contributed by atoms with Gasteiger partial charge in [0.05, 0.1) is 6.61 Å². The van der Waals surface area contributed by atoms with Crippen LogP contribution in [-0.2, 0) is 14.9 Å². The van der Waals surface area contributed by atoms with Crippen LogP contribution in [0.15, 0.2) is 30.3 Å². The molecule has 1 aromatic rings. The number of hydrogen-bond donors (Lipinski definition) is 1. The van der Waals surface area contributed by atoms with E-state index < -0.39 is 5.41 Å². The Morgan fingerprint density at radius 2 is 1.80 bits per heavy atom. The minimum absolute atomic E-state index is 0.194. The monoisotopic (exact) mass is 277 g/mol. The molecule has 0 bridgehead atoms. The normalized spacial score (nSPS) is 14.1. The zero-order chi connectivity index (χ0) is 15.0. The lowest BCUT2D eigenvalue weighted by molar-refractivity contribution is -0.150. The van der Waals surface area contributed by atoms with E-state index in [4.69, 9.17) is 10.5 Å². The lowest BCUT2D eigenvalue weighted by Gasteiger charge is -2.33. The standard InChI is InChI=1S/C17H27NO2/c1-4-14(5-2)12-17(13-18,16(19)20-6-3)15-10-8-7-9-11-15/h7-11,14H,4-6,12-13,18H2,1-3H3. The van der Waals surface area contributed by atoms with Gasteiger partial charge in [0.15, 0.2) is 0 Å². The minimum atomic E-state index is -0.714. The van der Waals surface area contributed by atoms with Gasteiger partial charge in [-0.15, -0.1) is 0 Å². The van der Waals surface area contributed by atoms with E-state index in [0.29, 0.717) is 12.5 Å². The van der Waals surface area contributed by atoms with Crippen molar-refractivity contribution in [3.8, 4) is 0 Å². The Morgan fingerprint density at radius 1 is 1.20 bits per heavy atom. The molecular weight excluding hydrogens is 250 g/mol. The highest BCUT2D eigenvalue weighted by Crippen LogP contribution is 2.34. The molecule has 1 atom stereocenters. The molecule has 3 heteroatoms. The van der Waals surface area contributed by atoms with E-state index in [1.165, 1.54) is 0 Å². The summed E-state index contributed by atoms with van der Waals surface area (Å²) < 4.78 is 5.32. The first-order valence-electron chi connectivity index (χ1n) is 7.57. The smallest absolute Gasteiger partial charge is 0.317 e. The number of esters is 1. The highest BCUT2D eigenvalue weighted by molar-refractivity contribution is 5.83. The Bertz CT molecular complexity index is 401. The summed E-state index contributed by atoms with van der Waals surface area (Å²) in [5.41, 5.74) is 6.28. The predicted molar refractivity (Wildman–Crippen MR) is 82.5 cm³/mol. The molecule has 1 aromatic carbocycles. The highest BCUT2D eigenvalue weighted by Gasteiger charge is 2.41. The molecule has 0 saturated carbocycles. The van der Waals surface area contributed by atoms with E-state index in [1.807, 2.05) is 37.3 Å². The summed E-state index contributed by atoms with van der Waals surface area (Å²) in [6, 6.07) is 9.81. The summed E-state index contributed by atoms with van der Waals surface area (Å²) in [4.78, 5) is 12.6. The summed E-state index contributed by atoms with van der Waals surface area (Å²) in [7, 11) is 0. The summed E-state index contributed by atoms with van der Waals surface area (Å²) in [6.45, 7) is 6.82. The molecule has 0 aliphatic rings. The first-order chi connectivity index (χ1) is 9.64. The number of ether oxygens (including phenoxy) is 1. The van der Waals surface area contributed by atoms with Crippen LogP contribution < -0.4 is 5.73 Å². The van der Waals surface area contributed by atoms with Gasteiger partial charge in [-0.1, -0.05) is 57.0 Å². The third-order valence-electron chi connectivity index (χ3n) is 4.13. The van der Waals surface area contributed by atoms with Crippen LogP contribution >= 0.6 is 0 Å². The number of hydrogen-bond acceptors (Lipinski definition) is 3. The topological polar surface area (TPSA) is 52.3 Å². The average molecular weight is 277 g/mol. The van der Waals surface area contributed by atoms with Crippen LogP contribution in [0.1, 0.15) is 45.6 Å². The lowest BCUT2D eigenvalue weighted by Crippen LogP contribution is -2.45. The summed E-state index contributed by atoms with van der Waals surface area (Å²) in [5, 5.41) is 0. The van der Waals surface area contributed by atoms with Crippen molar-refractivity contribution in [3.05, 3.63) is 35.9 Å². The zero-order valence-corrected chi connectivity index (χ0v) is 12.9. The molecule has 20 heavy (non-hydrogen) atoms. The van der Waals surface area contributed by atoms with Crippen molar-refractivity contribution >= 4 is 5.97 Å². The van der Waals surface area contributed by atoms with Crippen molar-refractivity contribution in [1.29, 1.82) is 0 Å². The van der Waals surface area contributed by atoms with Crippen molar-refractivity contribution in [2.45, 2.75) is 45.4 Å². The quantitative estimate of drug-likeness (QED) is 0.742. The van der Waals surface area contributed by atoms with Crippen LogP contribution in [0.4, 0.5) is 0 Å². The average Bonchev–Trinajstić information content (AvgIpc) is 2.50. The van der Waals surface area contributed by atoms with Gasteiger partial charge in [0, 0.05) is 6.54 Å². The number of carbonyl (C=O) groups excluding carboxylic acids is 1. The largest absolute Gasteiger partial charge is 0.465 e. The highest BCUT2D eigenvalue weighted by atomic mass is 16.5. The second kappa shape index (κ2) is 8.05. The van der Waals surface area contributed by atoms with Crippen molar-refractivity contribution in [3.63, 3.8) is 0 Å². The summed E-state index contributed by atoms with van der Waals surface area (Å²) >= 11 is 0. The van der Waals surface area contributed by atoms with Crippen molar-refractivity contribution < 1.29 is 9.53 Å². The molecule has 1 unspecified atom stereocenters. The molecule has 1 rings (SSSR count). The Balaban J connectivity index is 3.19. The van der Waals surface area contributed by atoms with E-state index in [1.54, 1.807) is 0 Å². The van der Waals surface area contributed by atoms with Crippen LogP contribution in [0.2, 0.25) is 0 Å². The molecule has 112 valence electrons. The van der Waals surface area contributed by atoms with Gasteiger partial charge in [-0.3, -0.25) is 4.79 Å². The Kier molecular flexibility index (Phi) is 6.73. The fraction of sp³-hybridized carbons (Fsp3) is 0.588. The number of carbonyl (C=O) groups is 1. The molecule has 0 aliphatic heterocycles. The van der Waals surface area contributed by atoms with Crippen molar-refractivity contribution in [2.24, 2.45) is 11.7 Å². The fourth-order valence-corrected chi connectivity index (χ4v) is 2.70. The van der Waals surface area contributed by atoms with E-state index >= 15 is 0 Å². The zero-order valence-electron chi connectivity index (χ0n) is 12.9. The molecule has 0 fully saturated rings. The van der Waals surface area contributed by atoms with Gasteiger partial charge in [0.1, 0.15) is 5.41 Å². The maximum atomic E-state index is 12.6. The van der Waals surface area contributed by atoms with Gasteiger partial charge in [-0.2, -0.15) is 0 Å². The van der Waals surface area contributed by atoms with Crippen LogP contribution in [0, 0.1) is 5.92 Å². The van der Waals surface area contributed by atoms with Gasteiger partial charge in [-0.05, 0) is 24.8 Å². The fourth-order valence-electron chi connectivity index (χ4n) is 2.70. The van der Waals surface area contributed by atoms with E-state index in [9.17, 15) is 4.79 Å². The van der Waals surface area contributed by atoms with Crippen molar-refractivity contribution in [1.82, 2.24) is 0 Å². The third kappa shape index (κ3) is 3.60. The molecular formula is C17H27NO2. The Labute approximate surface area is 122 Å². The maximum absolute atomic E-state index is 12.6. The van der Waals surface area contributed by atoms with Gasteiger partial charge < -0.3 is 10.5 Å². The maximum Gasteiger partial charge on any atom is 0.317 e. The molecule has 0 aromatic heterocycles. The van der Waals surface area contributed by atoms with Crippen LogP contribution in [0.25, 0.3) is 0 Å². The molecule has 0 spiro atoms. The van der Waals surface area contributed by atoms with E-state index in [-0.39, 0.29) is 12.5 Å². The van der Waals surface area contributed by atoms with Crippen molar-refractivity contribution in [2.75, 3.05) is 13.2 Å². The minimum Gasteiger partial charge on any atom is -0.465 e. The number of nitrogens with two attached hydrogens (primary N) is 1. The predicted octanol–water partition coefficient (Wildman–Crippen LogP) is 3.27. The van der Waals surface area contributed by atoms with Crippen LogP contribution in [0.5, 0.6) is 0 Å². The Hall–Kier alpha value is -1.35. The van der Waals surface area contributed by atoms with Crippen LogP contribution in [0.3, 0.4) is 0 Å². The third-order valence-corrected chi connectivity index (χ3v) is 4.13. The summed E-state index contributed by atoms with van der Waals surface area (Å²) in [5.74, 6) is 0.281. The Morgan fingerprint density at radius 3 is 2.25 bits per heavy atom. The van der Waals surface area contributed by atoms with Gasteiger partial charge in [0.25, 0.3) is 0 Å². The lowest BCUT2D eigenvalue weighted by atomic mass is 9.72. The molecule has 3 nitrogen and oxygen atoms in total. The first-order valence-corrected chi connectivity index (χ1v) is 7.57. The second-order valence-corrected chi connectivity index (χ2v) is 5.26. The summed E-state index contributed by atoms with van der Waals surface area (Å²) in [6.07, 6.45) is 2.84. The van der Waals surface area contributed by atoms with E-state index in [0.717, 1.165) is 24.8 Å².